The summed E-state index contributed by atoms with van der Waals surface area (Å²) >= 11 is 0. The summed E-state index contributed by atoms with van der Waals surface area (Å²) in [6.07, 6.45) is -7.80. The van der Waals surface area contributed by atoms with Crippen molar-refractivity contribution in [2.75, 3.05) is 12.3 Å². The van der Waals surface area contributed by atoms with E-state index in [1.807, 2.05) is 0 Å². The van der Waals surface area contributed by atoms with Crippen LogP contribution in [0.15, 0.2) is 36.9 Å². The number of fused-ring (bicyclic) bond motifs is 1. The number of aliphatic hydroxyl groups is 3. The summed E-state index contributed by atoms with van der Waals surface area (Å²) in [6, 6.07) is 4.01. The molecule has 0 amide bonds. The SMILES string of the molecule is Nc1ncnc2c1ncn2C1OC(CNC(O)c2ccc(C(F)(F)F)cc2)C(O)C1O. The van der Waals surface area contributed by atoms with Crippen LogP contribution < -0.4 is 11.1 Å². The molecule has 2 aromatic heterocycles. The van der Waals surface area contributed by atoms with E-state index in [0.717, 1.165) is 24.3 Å². The van der Waals surface area contributed by atoms with Crippen LogP contribution in [0, 0.1) is 0 Å². The molecule has 1 saturated heterocycles. The molecule has 0 saturated carbocycles. The van der Waals surface area contributed by atoms with Crippen LogP contribution in [0.5, 0.6) is 0 Å². The molecule has 166 valence electrons. The summed E-state index contributed by atoms with van der Waals surface area (Å²) < 4.78 is 45.1. The average molecular weight is 440 g/mol. The molecule has 1 aromatic carbocycles. The van der Waals surface area contributed by atoms with Gasteiger partial charge in [0.05, 0.1) is 11.9 Å². The lowest BCUT2D eigenvalue weighted by atomic mass is 10.1. The van der Waals surface area contributed by atoms with Gasteiger partial charge in [-0.3, -0.25) is 9.88 Å². The molecule has 3 heterocycles. The highest BCUT2D eigenvalue weighted by atomic mass is 19.4. The molecule has 0 aliphatic carbocycles. The number of halogens is 3. The molecule has 3 aromatic rings. The molecule has 0 spiro atoms. The maximum Gasteiger partial charge on any atom is 0.416 e. The number of hydrogen-bond donors (Lipinski definition) is 5. The van der Waals surface area contributed by atoms with E-state index < -0.39 is 42.5 Å². The maximum atomic E-state index is 12.7. The third-order valence-electron chi connectivity index (χ3n) is 5.06. The number of nitrogen functional groups attached to an aromatic ring is 1. The molecule has 1 fully saturated rings. The molecule has 6 N–H and O–H groups in total. The fourth-order valence-electron chi connectivity index (χ4n) is 3.38. The fraction of sp³-hybridized carbons (Fsp3) is 0.389. The number of ether oxygens (including phenoxy) is 1. The highest BCUT2D eigenvalue weighted by molar-refractivity contribution is 5.81. The lowest BCUT2D eigenvalue weighted by molar-refractivity contribution is -0.137. The Hall–Kier alpha value is -2.84. The first-order valence-electron chi connectivity index (χ1n) is 9.20. The molecule has 4 rings (SSSR count). The molecular formula is C18H19F3N6O4. The second-order valence-corrected chi connectivity index (χ2v) is 7.06. The molecule has 0 bridgehead atoms. The zero-order chi connectivity index (χ0) is 22.3. The first-order valence-corrected chi connectivity index (χ1v) is 9.20. The summed E-state index contributed by atoms with van der Waals surface area (Å²) in [5.74, 6) is 0.148. The number of nitrogens with zero attached hydrogens (tertiary/aromatic N) is 4. The van der Waals surface area contributed by atoms with Gasteiger partial charge in [-0.25, -0.2) is 15.0 Å². The zero-order valence-electron chi connectivity index (χ0n) is 15.8. The number of aromatic nitrogens is 4. The van der Waals surface area contributed by atoms with Crippen molar-refractivity contribution >= 4 is 17.0 Å². The minimum Gasteiger partial charge on any atom is -0.387 e. The van der Waals surface area contributed by atoms with Crippen LogP contribution >= 0.6 is 0 Å². The van der Waals surface area contributed by atoms with Gasteiger partial charge in [-0.15, -0.1) is 0 Å². The molecule has 1 aliphatic heterocycles. The third-order valence-corrected chi connectivity index (χ3v) is 5.06. The van der Waals surface area contributed by atoms with E-state index in [0.29, 0.717) is 11.2 Å². The smallest absolute Gasteiger partial charge is 0.387 e. The van der Waals surface area contributed by atoms with E-state index in [-0.39, 0.29) is 17.9 Å². The molecule has 0 radical (unpaired) electrons. The van der Waals surface area contributed by atoms with Crippen LogP contribution in [-0.4, -0.2) is 59.7 Å². The van der Waals surface area contributed by atoms with Gasteiger partial charge >= 0.3 is 6.18 Å². The Kier molecular flexibility index (Phi) is 5.53. The first kappa shape index (κ1) is 21.4. The Morgan fingerprint density at radius 3 is 2.52 bits per heavy atom. The number of benzene rings is 1. The summed E-state index contributed by atoms with van der Waals surface area (Å²) in [7, 11) is 0. The van der Waals surface area contributed by atoms with Crippen LogP contribution in [0.2, 0.25) is 0 Å². The van der Waals surface area contributed by atoms with Gasteiger partial charge in [-0.2, -0.15) is 13.2 Å². The standard InChI is InChI=1S/C18H19F3N6O4/c19-18(20,21)9-3-1-8(2-4-9)16(30)23-5-10-12(28)13(29)17(31-10)27-7-26-11-14(22)24-6-25-15(11)27/h1-4,6-7,10,12-13,16-17,23,28-30H,5H2,(H2,22,24,25). The van der Waals surface area contributed by atoms with Gasteiger partial charge < -0.3 is 25.8 Å². The predicted octanol–water partition coefficient (Wildman–Crippen LogP) is 0.327. The summed E-state index contributed by atoms with van der Waals surface area (Å²) in [5.41, 5.74) is 5.73. The van der Waals surface area contributed by atoms with Crippen LogP contribution in [0.4, 0.5) is 19.0 Å². The number of nitrogens with one attached hydrogen (secondary N) is 1. The van der Waals surface area contributed by atoms with Crippen LogP contribution in [-0.2, 0) is 10.9 Å². The first-order chi connectivity index (χ1) is 14.7. The second kappa shape index (κ2) is 8.01. The summed E-state index contributed by atoms with van der Waals surface area (Å²) in [6.45, 7) is -0.0966. The number of hydrogen-bond acceptors (Lipinski definition) is 9. The maximum absolute atomic E-state index is 12.7. The van der Waals surface area contributed by atoms with Crippen molar-refractivity contribution in [3.63, 3.8) is 0 Å². The van der Waals surface area contributed by atoms with E-state index in [9.17, 15) is 28.5 Å². The quantitative estimate of drug-likeness (QED) is 0.353. The van der Waals surface area contributed by atoms with Gasteiger partial charge in [0, 0.05) is 6.54 Å². The highest BCUT2D eigenvalue weighted by Gasteiger charge is 2.44. The van der Waals surface area contributed by atoms with Crippen LogP contribution in [0.1, 0.15) is 23.6 Å². The third kappa shape index (κ3) is 4.05. The number of aliphatic hydroxyl groups excluding tert-OH is 3. The predicted molar refractivity (Wildman–Crippen MR) is 100 cm³/mol. The van der Waals surface area contributed by atoms with Gasteiger partial charge in [-0.1, -0.05) is 12.1 Å². The van der Waals surface area contributed by atoms with Gasteiger partial charge in [0.2, 0.25) is 0 Å². The van der Waals surface area contributed by atoms with Gasteiger partial charge in [-0.05, 0) is 17.7 Å². The Labute approximate surface area is 173 Å². The molecule has 5 atom stereocenters. The number of anilines is 1. The van der Waals surface area contributed by atoms with Gasteiger partial charge in [0.1, 0.15) is 36.4 Å². The zero-order valence-corrected chi connectivity index (χ0v) is 15.8. The normalized spacial score (nSPS) is 25.2. The number of nitrogens with two attached hydrogens (primary N) is 1. The number of imidazole rings is 1. The van der Waals surface area contributed by atoms with Crippen molar-refractivity contribution in [2.24, 2.45) is 0 Å². The van der Waals surface area contributed by atoms with Crippen molar-refractivity contribution in [3.8, 4) is 0 Å². The van der Waals surface area contributed by atoms with E-state index in [1.165, 1.54) is 17.2 Å². The topological polar surface area (TPSA) is 152 Å². The lowest BCUT2D eigenvalue weighted by Gasteiger charge is -2.19. The van der Waals surface area contributed by atoms with E-state index >= 15 is 0 Å². The second-order valence-electron chi connectivity index (χ2n) is 7.06. The average Bonchev–Trinajstić information content (AvgIpc) is 3.28. The summed E-state index contributed by atoms with van der Waals surface area (Å²) in [4.78, 5) is 12.0. The van der Waals surface area contributed by atoms with Crippen LogP contribution in [0.25, 0.3) is 11.2 Å². The largest absolute Gasteiger partial charge is 0.416 e. The minimum atomic E-state index is -4.48. The fourth-order valence-corrected chi connectivity index (χ4v) is 3.38. The Morgan fingerprint density at radius 2 is 1.84 bits per heavy atom. The van der Waals surface area contributed by atoms with E-state index in [1.54, 1.807) is 0 Å². The highest BCUT2D eigenvalue weighted by Crippen LogP contribution is 2.32. The molecule has 5 unspecified atom stereocenters. The van der Waals surface area contributed by atoms with Crippen molar-refractivity contribution in [1.82, 2.24) is 24.8 Å². The molecule has 10 nitrogen and oxygen atoms in total. The Bertz CT molecular complexity index is 1060. The number of rotatable bonds is 5. The molecule has 1 aliphatic rings. The number of alkyl halides is 3. The monoisotopic (exact) mass is 440 g/mol. The molecule has 31 heavy (non-hydrogen) atoms. The Morgan fingerprint density at radius 1 is 1.13 bits per heavy atom. The summed E-state index contributed by atoms with van der Waals surface area (Å²) in [5, 5.41) is 33.7. The molecule has 13 heteroatoms. The van der Waals surface area contributed by atoms with Crippen molar-refractivity contribution < 1.29 is 33.2 Å². The van der Waals surface area contributed by atoms with Crippen molar-refractivity contribution in [2.45, 2.75) is 36.9 Å². The molecular weight excluding hydrogens is 421 g/mol. The lowest BCUT2D eigenvalue weighted by Crippen LogP contribution is -2.39. The van der Waals surface area contributed by atoms with Gasteiger partial charge in [0.25, 0.3) is 0 Å². The van der Waals surface area contributed by atoms with Crippen molar-refractivity contribution in [1.29, 1.82) is 0 Å². The minimum absolute atomic E-state index is 0.0966. The van der Waals surface area contributed by atoms with Crippen LogP contribution in [0.3, 0.4) is 0 Å². The Balaban J connectivity index is 1.43. The van der Waals surface area contributed by atoms with Gasteiger partial charge in [0.15, 0.2) is 17.7 Å². The van der Waals surface area contributed by atoms with E-state index in [4.69, 9.17) is 10.5 Å². The van der Waals surface area contributed by atoms with E-state index in [2.05, 4.69) is 20.3 Å². The van der Waals surface area contributed by atoms with Crippen molar-refractivity contribution in [3.05, 3.63) is 48.0 Å².